The van der Waals surface area contributed by atoms with E-state index in [0.717, 1.165) is 25.7 Å². The maximum Gasteiger partial charge on any atom is 0.314 e. The number of hydrogen-bond acceptors (Lipinski definition) is 3. The minimum Gasteiger partial charge on any atom is -0.481 e. The van der Waals surface area contributed by atoms with E-state index in [2.05, 4.69) is 16.9 Å². The Bertz CT molecular complexity index is 401. The molecule has 0 bridgehead atoms. The van der Waals surface area contributed by atoms with Gasteiger partial charge in [0.25, 0.3) is 0 Å². The predicted molar refractivity (Wildman–Crippen MR) is 72.0 cm³/mol. The molecule has 2 atom stereocenters. The van der Waals surface area contributed by atoms with Crippen LogP contribution in [0.2, 0.25) is 0 Å². The van der Waals surface area contributed by atoms with Crippen LogP contribution in [0.1, 0.15) is 56.6 Å². The summed E-state index contributed by atoms with van der Waals surface area (Å²) < 4.78 is 0. The van der Waals surface area contributed by atoms with E-state index in [1.54, 1.807) is 0 Å². The third kappa shape index (κ3) is 4.19. The number of ketones is 1. The summed E-state index contributed by atoms with van der Waals surface area (Å²) in [6.07, 6.45) is 7.57. The van der Waals surface area contributed by atoms with Gasteiger partial charge in [-0.25, -0.2) is 4.98 Å². The van der Waals surface area contributed by atoms with E-state index < -0.39 is 17.7 Å². The number of Topliss-reactive ketones (excluding diaryl/α,β-unsaturated/α-hetero) is 1. The molecular weight excluding hydrogens is 244 g/mol. The first-order chi connectivity index (χ1) is 9.11. The Morgan fingerprint density at radius 2 is 2.11 bits per heavy atom. The number of hydrogen-bond donors (Lipinski definition) is 2. The highest BCUT2D eigenvalue weighted by Gasteiger charge is 2.35. The molecule has 106 valence electrons. The quantitative estimate of drug-likeness (QED) is 0.409. The van der Waals surface area contributed by atoms with Gasteiger partial charge in [0, 0.05) is 12.4 Å². The third-order valence-corrected chi connectivity index (χ3v) is 3.45. The van der Waals surface area contributed by atoms with Crippen molar-refractivity contribution >= 4 is 11.8 Å². The fourth-order valence-corrected chi connectivity index (χ4v) is 2.34. The number of carbonyl (C=O) groups is 2. The van der Waals surface area contributed by atoms with E-state index in [-0.39, 0.29) is 11.7 Å². The van der Waals surface area contributed by atoms with Gasteiger partial charge in [0.2, 0.25) is 5.78 Å². The van der Waals surface area contributed by atoms with Crippen molar-refractivity contribution in [3.05, 3.63) is 18.2 Å². The number of nitrogens with one attached hydrogen (secondary N) is 1. The van der Waals surface area contributed by atoms with E-state index in [9.17, 15) is 14.7 Å². The Balaban J connectivity index is 2.80. The van der Waals surface area contributed by atoms with Crippen molar-refractivity contribution in [2.75, 3.05) is 0 Å². The van der Waals surface area contributed by atoms with Crippen LogP contribution in [-0.2, 0) is 4.79 Å². The summed E-state index contributed by atoms with van der Waals surface area (Å²) in [5, 5.41) is 9.34. The molecule has 1 heterocycles. The number of aliphatic carboxylic acids is 1. The number of carboxylic acids is 1. The molecule has 19 heavy (non-hydrogen) atoms. The van der Waals surface area contributed by atoms with Gasteiger partial charge in [-0.1, -0.05) is 39.5 Å². The Morgan fingerprint density at radius 1 is 1.37 bits per heavy atom. The number of aromatic nitrogens is 2. The van der Waals surface area contributed by atoms with Gasteiger partial charge in [-0.3, -0.25) is 9.59 Å². The average molecular weight is 266 g/mol. The molecule has 1 aromatic heterocycles. The molecule has 2 unspecified atom stereocenters. The molecule has 1 aromatic rings. The molecular formula is C14H22N2O3. The number of nitrogens with zero attached hydrogens (tertiary/aromatic N) is 1. The SMILES string of the molecule is CCCCCC(CC)C(C(=O)O)C(=O)c1ncc[nH]1. The van der Waals surface area contributed by atoms with Gasteiger partial charge in [0.1, 0.15) is 5.92 Å². The van der Waals surface area contributed by atoms with Crippen LogP contribution < -0.4 is 0 Å². The van der Waals surface area contributed by atoms with Gasteiger partial charge in [0.05, 0.1) is 0 Å². The fourth-order valence-electron chi connectivity index (χ4n) is 2.34. The van der Waals surface area contributed by atoms with Gasteiger partial charge in [0.15, 0.2) is 5.82 Å². The van der Waals surface area contributed by atoms with E-state index >= 15 is 0 Å². The first-order valence-electron chi connectivity index (χ1n) is 6.88. The van der Waals surface area contributed by atoms with Crippen LogP contribution in [0.3, 0.4) is 0 Å². The van der Waals surface area contributed by atoms with Gasteiger partial charge >= 0.3 is 5.97 Å². The number of carbonyl (C=O) groups excluding carboxylic acids is 1. The standard InChI is InChI=1S/C14H22N2O3/c1-3-5-6-7-10(4-2)11(14(18)19)12(17)13-15-8-9-16-13/h8-11H,3-7H2,1-2H3,(H,15,16)(H,18,19). The molecule has 0 aliphatic carbocycles. The molecule has 0 aromatic carbocycles. The number of H-pyrrole nitrogens is 1. The van der Waals surface area contributed by atoms with Crippen LogP contribution in [-0.4, -0.2) is 26.8 Å². The van der Waals surface area contributed by atoms with Crippen molar-refractivity contribution in [1.82, 2.24) is 9.97 Å². The second-order valence-corrected chi connectivity index (χ2v) is 4.78. The summed E-state index contributed by atoms with van der Waals surface area (Å²) in [6, 6.07) is 0. The van der Waals surface area contributed by atoms with Gasteiger partial charge in [-0.05, 0) is 12.3 Å². The molecule has 0 aliphatic heterocycles. The fraction of sp³-hybridized carbons (Fsp3) is 0.643. The number of carboxylic acid groups (broad SMARTS) is 1. The van der Waals surface area contributed by atoms with Gasteiger partial charge in [-0.15, -0.1) is 0 Å². The Hall–Kier alpha value is -1.65. The lowest BCUT2D eigenvalue weighted by Crippen LogP contribution is -2.32. The van der Waals surface area contributed by atoms with Crippen LogP contribution >= 0.6 is 0 Å². The Labute approximate surface area is 113 Å². The molecule has 0 fully saturated rings. The van der Waals surface area contributed by atoms with E-state index in [4.69, 9.17) is 0 Å². The van der Waals surface area contributed by atoms with Crippen molar-refractivity contribution in [3.63, 3.8) is 0 Å². The van der Waals surface area contributed by atoms with Gasteiger partial charge in [-0.2, -0.15) is 0 Å². The van der Waals surface area contributed by atoms with Crippen LogP contribution in [0.4, 0.5) is 0 Å². The zero-order chi connectivity index (χ0) is 14.3. The zero-order valence-corrected chi connectivity index (χ0v) is 11.6. The highest BCUT2D eigenvalue weighted by Crippen LogP contribution is 2.25. The van der Waals surface area contributed by atoms with Crippen LogP contribution in [0.15, 0.2) is 12.4 Å². The summed E-state index contributed by atoms with van der Waals surface area (Å²) in [5.74, 6) is -2.44. The smallest absolute Gasteiger partial charge is 0.314 e. The molecule has 2 N–H and O–H groups in total. The summed E-state index contributed by atoms with van der Waals surface area (Å²) in [5.41, 5.74) is 0. The maximum absolute atomic E-state index is 12.2. The Kier molecular flexibility index (Phi) is 6.25. The monoisotopic (exact) mass is 266 g/mol. The number of rotatable bonds is 9. The molecule has 5 heteroatoms. The van der Waals surface area contributed by atoms with E-state index in [0.29, 0.717) is 6.42 Å². The summed E-state index contributed by atoms with van der Waals surface area (Å²) in [7, 11) is 0. The van der Waals surface area contributed by atoms with Crippen molar-refractivity contribution in [1.29, 1.82) is 0 Å². The largest absolute Gasteiger partial charge is 0.481 e. The molecule has 0 spiro atoms. The second-order valence-electron chi connectivity index (χ2n) is 4.78. The molecule has 1 rings (SSSR count). The van der Waals surface area contributed by atoms with E-state index in [1.807, 2.05) is 6.92 Å². The topological polar surface area (TPSA) is 83.0 Å². The molecule has 0 aliphatic rings. The molecule has 5 nitrogen and oxygen atoms in total. The number of aromatic amines is 1. The lowest BCUT2D eigenvalue weighted by molar-refractivity contribution is -0.141. The predicted octanol–water partition coefficient (Wildman–Crippen LogP) is 2.90. The molecule has 0 amide bonds. The van der Waals surface area contributed by atoms with Crippen molar-refractivity contribution in [3.8, 4) is 0 Å². The minimum atomic E-state index is -1.05. The summed E-state index contributed by atoms with van der Waals surface area (Å²) in [6.45, 7) is 4.03. The minimum absolute atomic E-state index is 0.123. The lowest BCUT2D eigenvalue weighted by Gasteiger charge is -2.20. The lowest BCUT2D eigenvalue weighted by atomic mass is 9.82. The Morgan fingerprint density at radius 3 is 2.58 bits per heavy atom. The maximum atomic E-state index is 12.2. The second kappa shape index (κ2) is 7.71. The zero-order valence-electron chi connectivity index (χ0n) is 11.6. The first-order valence-corrected chi connectivity index (χ1v) is 6.88. The summed E-state index contributed by atoms with van der Waals surface area (Å²) >= 11 is 0. The van der Waals surface area contributed by atoms with Crippen LogP contribution in [0, 0.1) is 11.8 Å². The highest BCUT2D eigenvalue weighted by molar-refractivity contribution is 6.06. The molecule has 0 saturated heterocycles. The van der Waals surface area contributed by atoms with Crippen molar-refractivity contribution < 1.29 is 14.7 Å². The summed E-state index contributed by atoms with van der Waals surface area (Å²) in [4.78, 5) is 30.2. The first kappa shape index (κ1) is 15.4. The van der Waals surface area contributed by atoms with E-state index in [1.165, 1.54) is 12.4 Å². The van der Waals surface area contributed by atoms with Crippen molar-refractivity contribution in [2.45, 2.75) is 46.0 Å². The highest BCUT2D eigenvalue weighted by atomic mass is 16.4. The number of imidazole rings is 1. The number of unbranched alkanes of at least 4 members (excludes halogenated alkanes) is 2. The normalized spacial score (nSPS) is 14.0. The van der Waals surface area contributed by atoms with Crippen molar-refractivity contribution in [2.24, 2.45) is 11.8 Å². The molecule has 0 saturated carbocycles. The third-order valence-electron chi connectivity index (χ3n) is 3.45. The molecule has 0 radical (unpaired) electrons. The van der Waals surface area contributed by atoms with Crippen LogP contribution in [0.5, 0.6) is 0 Å². The van der Waals surface area contributed by atoms with Crippen LogP contribution in [0.25, 0.3) is 0 Å². The average Bonchev–Trinajstić information content (AvgIpc) is 2.90. The van der Waals surface area contributed by atoms with Gasteiger partial charge < -0.3 is 10.1 Å².